The van der Waals surface area contributed by atoms with Gasteiger partial charge in [0.05, 0.1) is 6.42 Å². The van der Waals surface area contributed by atoms with Gasteiger partial charge in [0.15, 0.2) is 11.4 Å². The summed E-state index contributed by atoms with van der Waals surface area (Å²) in [6.07, 6.45) is 0.533. The third-order valence-electron chi connectivity index (χ3n) is 4.66. The second-order valence-electron chi connectivity index (χ2n) is 6.47. The van der Waals surface area contributed by atoms with Crippen molar-refractivity contribution in [3.63, 3.8) is 0 Å². The highest BCUT2D eigenvalue weighted by molar-refractivity contribution is 6.09. The van der Waals surface area contributed by atoms with Gasteiger partial charge in [-0.1, -0.05) is 42.8 Å². The van der Waals surface area contributed by atoms with E-state index in [4.69, 9.17) is 0 Å². The van der Waals surface area contributed by atoms with Crippen LogP contribution in [-0.4, -0.2) is 16.8 Å². The first-order valence-electron chi connectivity index (χ1n) is 8.13. The van der Waals surface area contributed by atoms with Gasteiger partial charge in [-0.25, -0.2) is 0 Å². The van der Waals surface area contributed by atoms with Crippen LogP contribution in [0, 0.1) is 13.8 Å². The molecule has 1 aliphatic rings. The summed E-state index contributed by atoms with van der Waals surface area (Å²) in [4.78, 5) is 25.1. The van der Waals surface area contributed by atoms with Crippen LogP contribution in [0.3, 0.4) is 0 Å². The molecule has 2 N–H and O–H groups in total. The van der Waals surface area contributed by atoms with Crippen molar-refractivity contribution in [2.24, 2.45) is 0 Å². The van der Waals surface area contributed by atoms with Gasteiger partial charge < -0.3 is 10.4 Å². The minimum absolute atomic E-state index is 0.236. The zero-order chi connectivity index (χ0) is 17.5. The number of rotatable bonds is 4. The highest BCUT2D eigenvalue weighted by Gasteiger charge is 2.46. The second-order valence-corrected chi connectivity index (χ2v) is 6.47. The molecule has 2 aromatic carbocycles. The lowest BCUT2D eigenvalue weighted by Gasteiger charge is -2.21. The van der Waals surface area contributed by atoms with E-state index in [0.717, 1.165) is 23.1 Å². The van der Waals surface area contributed by atoms with Crippen molar-refractivity contribution in [1.82, 2.24) is 0 Å². The Hall–Kier alpha value is -2.46. The Morgan fingerprint density at radius 3 is 2.58 bits per heavy atom. The number of fused-ring (bicyclic) bond motifs is 1. The molecule has 0 saturated heterocycles. The molecule has 1 atom stereocenters. The highest BCUT2D eigenvalue weighted by atomic mass is 16.3. The maximum absolute atomic E-state index is 12.7. The second kappa shape index (κ2) is 5.87. The predicted molar refractivity (Wildman–Crippen MR) is 93.2 cm³/mol. The molecule has 1 heterocycles. The van der Waals surface area contributed by atoms with Crippen molar-refractivity contribution in [2.45, 2.75) is 39.2 Å². The molecule has 0 saturated carbocycles. The normalized spacial score (nSPS) is 19.1. The van der Waals surface area contributed by atoms with Gasteiger partial charge in [0.2, 0.25) is 0 Å². The lowest BCUT2D eigenvalue weighted by molar-refractivity contribution is -0.133. The maximum atomic E-state index is 12.7. The Bertz CT molecular complexity index is 841. The van der Waals surface area contributed by atoms with E-state index in [1.807, 2.05) is 45.0 Å². The Kier molecular flexibility index (Phi) is 4.01. The van der Waals surface area contributed by atoms with Crippen molar-refractivity contribution >= 4 is 17.4 Å². The number of carbonyl (C=O) groups is 2. The number of anilines is 1. The lowest BCUT2D eigenvalue weighted by atomic mass is 9.86. The van der Waals surface area contributed by atoms with Crippen LogP contribution in [0.5, 0.6) is 0 Å². The molecular formula is C20H21NO3. The van der Waals surface area contributed by atoms with Crippen molar-refractivity contribution in [2.75, 3.05) is 5.32 Å². The van der Waals surface area contributed by atoms with Crippen molar-refractivity contribution in [3.8, 4) is 0 Å². The van der Waals surface area contributed by atoms with E-state index in [-0.39, 0.29) is 12.2 Å². The molecule has 4 heteroatoms. The molecule has 1 aliphatic heterocycles. The molecule has 1 amide bonds. The number of Topliss-reactive ketones (excluding diaryl/α,β-unsaturated/α-hetero) is 1. The zero-order valence-corrected chi connectivity index (χ0v) is 14.1. The van der Waals surface area contributed by atoms with Crippen LogP contribution >= 0.6 is 0 Å². The number of hydrogen-bond donors (Lipinski definition) is 2. The monoisotopic (exact) mass is 323 g/mol. The molecule has 4 nitrogen and oxygen atoms in total. The number of nitrogens with one attached hydrogen (secondary N) is 1. The zero-order valence-electron chi connectivity index (χ0n) is 14.1. The van der Waals surface area contributed by atoms with Gasteiger partial charge in [0.25, 0.3) is 5.91 Å². The first-order chi connectivity index (χ1) is 11.3. The average molecular weight is 323 g/mol. The molecule has 0 radical (unpaired) electrons. The van der Waals surface area contributed by atoms with Crippen LogP contribution in [0.4, 0.5) is 5.69 Å². The summed E-state index contributed by atoms with van der Waals surface area (Å²) < 4.78 is 0. The molecule has 0 aliphatic carbocycles. The molecule has 0 aromatic heterocycles. The van der Waals surface area contributed by atoms with Crippen molar-refractivity contribution in [3.05, 3.63) is 64.2 Å². The molecule has 3 rings (SSSR count). The summed E-state index contributed by atoms with van der Waals surface area (Å²) in [5, 5.41) is 13.7. The van der Waals surface area contributed by atoms with E-state index >= 15 is 0 Å². The first-order valence-corrected chi connectivity index (χ1v) is 8.13. The number of aryl methyl sites for hydroxylation is 3. The predicted octanol–water partition coefficient (Wildman–Crippen LogP) is 3.28. The van der Waals surface area contributed by atoms with Crippen LogP contribution < -0.4 is 5.32 Å². The number of aliphatic hydroxyl groups is 1. The number of ketones is 1. The summed E-state index contributed by atoms with van der Waals surface area (Å²) in [6.45, 7) is 5.83. The smallest absolute Gasteiger partial charge is 0.261 e. The van der Waals surface area contributed by atoms with Crippen molar-refractivity contribution < 1.29 is 14.7 Å². The number of carbonyl (C=O) groups excluding carboxylic acids is 2. The molecule has 124 valence electrons. The van der Waals surface area contributed by atoms with Gasteiger partial charge >= 0.3 is 0 Å². The fourth-order valence-corrected chi connectivity index (χ4v) is 3.24. The van der Waals surface area contributed by atoms with E-state index in [9.17, 15) is 14.7 Å². The van der Waals surface area contributed by atoms with Crippen molar-refractivity contribution in [1.29, 1.82) is 0 Å². The topological polar surface area (TPSA) is 66.4 Å². The van der Waals surface area contributed by atoms with E-state index in [2.05, 4.69) is 5.32 Å². The molecule has 0 spiro atoms. The Morgan fingerprint density at radius 1 is 1.17 bits per heavy atom. The van der Waals surface area contributed by atoms with Gasteiger partial charge in [-0.3, -0.25) is 9.59 Å². The van der Waals surface area contributed by atoms with E-state index < -0.39 is 11.5 Å². The third kappa shape index (κ3) is 2.63. The van der Waals surface area contributed by atoms with E-state index in [0.29, 0.717) is 16.8 Å². The quantitative estimate of drug-likeness (QED) is 0.849. The summed E-state index contributed by atoms with van der Waals surface area (Å²) >= 11 is 0. The fourth-order valence-electron chi connectivity index (χ4n) is 3.24. The minimum Gasteiger partial charge on any atom is -0.375 e. The minimum atomic E-state index is -1.81. The fraction of sp³-hybridized carbons (Fsp3) is 0.300. The summed E-state index contributed by atoms with van der Waals surface area (Å²) in [7, 11) is 0. The Labute approximate surface area is 141 Å². The van der Waals surface area contributed by atoms with Gasteiger partial charge in [0.1, 0.15) is 0 Å². The van der Waals surface area contributed by atoms with Crippen LogP contribution in [-0.2, 0) is 16.8 Å². The van der Waals surface area contributed by atoms with Crippen LogP contribution in [0.1, 0.15) is 46.0 Å². The van der Waals surface area contributed by atoms with Crippen LogP contribution in [0.15, 0.2) is 36.4 Å². The summed E-state index contributed by atoms with van der Waals surface area (Å²) in [5.41, 5.74) is 2.74. The highest BCUT2D eigenvalue weighted by Crippen LogP contribution is 2.39. The van der Waals surface area contributed by atoms with Crippen LogP contribution in [0.25, 0.3) is 0 Å². The molecule has 2 aromatic rings. The van der Waals surface area contributed by atoms with Gasteiger partial charge in [0, 0.05) is 16.8 Å². The number of benzene rings is 2. The van der Waals surface area contributed by atoms with Gasteiger partial charge in [-0.2, -0.15) is 0 Å². The maximum Gasteiger partial charge on any atom is 0.261 e. The number of hydrogen-bond acceptors (Lipinski definition) is 3. The van der Waals surface area contributed by atoms with Gasteiger partial charge in [-0.15, -0.1) is 0 Å². The lowest BCUT2D eigenvalue weighted by Crippen LogP contribution is -2.36. The first kappa shape index (κ1) is 16.4. The molecule has 24 heavy (non-hydrogen) atoms. The average Bonchev–Trinajstić information content (AvgIpc) is 2.77. The SMILES string of the molecule is CCc1ccc2c(c1)[C@@](O)(CC(=O)c1ccc(C)cc1C)C(=O)N2. The molecule has 0 bridgehead atoms. The Morgan fingerprint density at radius 2 is 1.92 bits per heavy atom. The Balaban J connectivity index is 1.97. The van der Waals surface area contributed by atoms with Gasteiger partial charge in [-0.05, 0) is 37.5 Å². The van der Waals surface area contributed by atoms with Crippen LogP contribution in [0.2, 0.25) is 0 Å². The third-order valence-corrected chi connectivity index (χ3v) is 4.66. The molecule has 0 fully saturated rings. The van der Waals surface area contributed by atoms with E-state index in [1.165, 1.54) is 0 Å². The van der Waals surface area contributed by atoms with E-state index in [1.54, 1.807) is 12.1 Å². The molecular weight excluding hydrogens is 302 g/mol. The summed E-state index contributed by atoms with van der Waals surface area (Å²) in [5.74, 6) is -0.774. The number of amides is 1. The largest absolute Gasteiger partial charge is 0.375 e. The standard InChI is InChI=1S/C20H21NO3/c1-4-14-6-8-17-16(10-14)20(24,19(23)21-17)11-18(22)15-7-5-12(2)9-13(15)3/h5-10,24H,4,11H2,1-3H3,(H,21,23)/t20-/m0/s1. The summed E-state index contributed by atoms with van der Waals surface area (Å²) in [6, 6.07) is 11.1. The molecule has 0 unspecified atom stereocenters.